The third-order valence-electron chi connectivity index (χ3n) is 4.11. The minimum atomic E-state index is -0.914. The number of hydrogen-bond acceptors (Lipinski definition) is 3. The summed E-state index contributed by atoms with van der Waals surface area (Å²) in [6.45, 7) is 2.33. The van der Waals surface area contributed by atoms with E-state index in [1.807, 2.05) is 18.2 Å². The molecule has 1 fully saturated rings. The Balaban J connectivity index is 1.47. The Morgan fingerprint density at radius 1 is 1.09 bits per heavy atom. The second-order valence-corrected chi connectivity index (χ2v) is 5.80. The zero-order valence-corrected chi connectivity index (χ0v) is 13.0. The first-order valence-electron chi connectivity index (χ1n) is 8.08. The zero-order chi connectivity index (χ0) is 15.6. The molecule has 0 unspecified atom stereocenters. The maximum atomic E-state index is 10.6. The van der Waals surface area contributed by atoms with E-state index in [1.165, 1.54) is 5.56 Å². The third-order valence-corrected chi connectivity index (χ3v) is 4.11. The van der Waals surface area contributed by atoms with Gasteiger partial charge in [-0.05, 0) is 37.7 Å². The van der Waals surface area contributed by atoms with Gasteiger partial charge >= 0.3 is 6.09 Å². The van der Waals surface area contributed by atoms with Crippen molar-refractivity contribution in [1.29, 1.82) is 0 Å². The van der Waals surface area contributed by atoms with Crippen molar-refractivity contribution >= 4 is 6.09 Å². The summed E-state index contributed by atoms with van der Waals surface area (Å²) in [6.07, 6.45) is 3.91. The number of hydrogen-bond donors (Lipinski definition) is 3. The Morgan fingerprint density at radius 2 is 1.77 bits per heavy atom. The quantitative estimate of drug-likeness (QED) is 0.645. The summed E-state index contributed by atoms with van der Waals surface area (Å²) < 4.78 is 5.65. The molecule has 1 saturated carbocycles. The van der Waals surface area contributed by atoms with Crippen LogP contribution >= 0.6 is 0 Å². The molecule has 1 aliphatic carbocycles. The molecular formula is C17H26N2O3. The van der Waals surface area contributed by atoms with Crippen LogP contribution in [0.3, 0.4) is 0 Å². The van der Waals surface area contributed by atoms with Crippen molar-refractivity contribution in [2.75, 3.05) is 19.8 Å². The molecule has 122 valence electrons. The van der Waals surface area contributed by atoms with E-state index >= 15 is 0 Å². The van der Waals surface area contributed by atoms with Crippen LogP contribution in [0.5, 0.6) is 0 Å². The largest absolute Gasteiger partial charge is 0.465 e. The normalized spacial score (nSPS) is 21.5. The van der Waals surface area contributed by atoms with Crippen molar-refractivity contribution in [3.05, 3.63) is 35.9 Å². The fraction of sp³-hybridized carbons (Fsp3) is 0.588. The summed E-state index contributed by atoms with van der Waals surface area (Å²) in [7, 11) is 0. The number of rotatable bonds is 8. The molecule has 22 heavy (non-hydrogen) atoms. The number of nitrogens with one attached hydrogen (secondary N) is 2. The van der Waals surface area contributed by atoms with E-state index in [2.05, 4.69) is 22.8 Å². The lowest BCUT2D eigenvalue weighted by molar-refractivity contribution is 0.134. The molecule has 1 aromatic rings. The van der Waals surface area contributed by atoms with Crippen LogP contribution in [0.25, 0.3) is 0 Å². The Hall–Kier alpha value is -1.59. The van der Waals surface area contributed by atoms with Crippen molar-refractivity contribution in [2.24, 2.45) is 0 Å². The Kier molecular flexibility index (Phi) is 7.19. The monoisotopic (exact) mass is 306 g/mol. The van der Waals surface area contributed by atoms with Crippen molar-refractivity contribution in [1.82, 2.24) is 10.6 Å². The first kappa shape index (κ1) is 16.8. The van der Waals surface area contributed by atoms with E-state index in [9.17, 15) is 4.79 Å². The summed E-state index contributed by atoms with van der Waals surface area (Å²) in [4.78, 5) is 10.6. The van der Waals surface area contributed by atoms with E-state index in [4.69, 9.17) is 9.84 Å². The number of amides is 1. The number of carbonyl (C=O) groups is 1. The highest BCUT2D eigenvalue weighted by Crippen LogP contribution is 2.18. The average molecular weight is 306 g/mol. The van der Waals surface area contributed by atoms with Gasteiger partial charge in [-0.2, -0.15) is 0 Å². The smallest absolute Gasteiger partial charge is 0.404 e. The summed E-state index contributed by atoms with van der Waals surface area (Å²) in [5.41, 5.74) is 1.31. The van der Waals surface area contributed by atoms with Gasteiger partial charge in [-0.3, -0.25) is 0 Å². The molecular weight excluding hydrogens is 280 g/mol. The van der Waals surface area contributed by atoms with Gasteiger partial charge in [-0.1, -0.05) is 30.3 Å². The molecule has 1 aromatic carbocycles. The lowest BCUT2D eigenvalue weighted by atomic mass is 9.91. The Morgan fingerprint density at radius 3 is 2.45 bits per heavy atom. The SMILES string of the molecule is O=C(O)N[C@H]1CC[C@H](NCCOCCc2ccccc2)CC1. The molecule has 0 atom stereocenters. The first-order valence-corrected chi connectivity index (χ1v) is 8.08. The minimum absolute atomic E-state index is 0.123. The minimum Gasteiger partial charge on any atom is -0.465 e. The molecule has 0 bridgehead atoms. The van der Waals surface area contributed by atoms with E-state index in [0.717, 1.165) is 51.9 Å². The molecule has 1 amide bonds. The van der Waals surface area contributed by atoms with Crippen LogP contribution < -0.4 is 10.6 Å². The van der Waals surface area contributed by atoms with Crippen molar-refractivity contribution in [3.8, 4) is 0 Å². The van der Waals surface area contributed by atoms with E-state index < -0.39 is 6.09 Å². The topological polar surface area (TPSA) is 70.6 Å². The van der Waals surface area contributed by atoms with Gasteiger partial charge in [-0.15, -0.1) is 0 Å². The van der Waals surface area contributed by atoms with Crippen LogP contribution in [0.15, 0.2) is 30.3 Å². The van der Waals surface area contributed by atoms with E-state index in [-0.39, 0.29) is 6.04 Å². The first-order chi connectivity index (χ1) is 10.7. The zero-order valence-electron chi connectivity index (χ0n) is 13.0. The number of benzene rings is 1. The molecule has 3 N–H and O–H groups in total. The molecule has 0 heterocycles. The van der Waals surface area contributed by atoms with Crippen LogP contribution in [0, 0.1) is 0 Å². The predicted molar refractivity (Wildman–Crippen MR) is 86.2 cm³/mol. The van der Waals surface area contributed by atoms with Gasteiger partial charge < -0.3 is 20.5 Å². The van der Waals surface area contributed by atoms with Gasteiger partial charge in [0.1, 0.15) is 0 Å². The van der Waals surface area contributed by atoms with Crippen LogP contribution in [-0.2, 0) is 11.2 Å². The van der Waals surface area contributed by atoms with Crippen molar-refractivity contribution in [2.45, 2.75) is 44.2 Å². The lowest BCUT2D eigenvalue weighted by Crippen LogP contribution is -2.42. The van der Waals surface area contributed by atoms with Crippen LogP contribution in [0.4, 0.5) is 4.79 Å². The summed E-state index contributed by atoms with van der Waals surface area (Å²) in [6, 6.07) is 11.0. The fourth-order valence-corrected chi connectivity index (χ4v) is 2.89. The second-order valence-electron chi connectivity index (χ2n) is 5.80. The summed E-state index contributed by atoms with van der Waals surface area (Å²) in [5, 5.41) is 14.8. The van der Waals surface area contributed by atoms with Gasteiger partial charge in [-0.25, -0.2) is 4.79 Å². The standard InChI is InChI=1S/C17H26N2O3/c20-17(21)19-16-8-6-15(7-9-16)18-11-13-22-12-10-14-4-2-1-3-5-14/h1-5,15-16,18-19H,6-13H2,(H,20,21)/t15-,16-. The maximum absolute atomic E-state index is 10.6. The second kappa shape index (κ2) is 9.43. The molecule has 0 aliphatic heterocycles. The van der Waals surface area contributed by atoms with Crippen LogP contribution in [0.2, 0.25) is 0 Å². The third kappa shape index (κ3) is 6.45. The fourth-order valence-electron chi connectivity index (χ4n) is 2.89. The molecule has 1 aliphatic rings. The highest BCUT2D eigenvalue weighted by Gasteiger charge is 2.21. The molecule has 2 rings (SSSR count). The molecule has 5 heteroatoms. The lowest BCUT2D eigenvalue weighted by Gasteiger charge is -2.29. The molecule has 5 nitrogen and oxygen atoms in total. The van der Waals surface area contributed by atoms with Gasteiger partial charge in [0.25, 0.3) is 0 Å². The molecule has 0 aromatic heterocycles. The number of ether oxygens (including phenoxy) is 1. The summed E-state index contributed by atoms with van der Waals surface area (Å²) >= 11 is 0. The summed E-state index contributed by atoms with van der Waals surface area (Å²) in [5.74, 6) is 0. The maximum Gasteiger partial charge on any atom is 0.404 e. The highest BCUT2D eigenvalue weighted by molar-refractivity contribution is 5.64. The molecule has 0 spiro atoms. The van der Waals surface area contributed by atoms with Crippen LogP contribution in [0.1, 0.15) is 31.2 Å². The van der Waals surface area contributed by atoms with E-state index in [0.29, 0.717) is 6.04 Å². The van der Waals surface area contributed by atoms with Gasteiger partial charge in [0.15, 0.2) is 0 Å². The van der Waals surface area contributed by atoms with Crippen molar-refractivity contribution < 1.29 is 14.6 Å². The Labute approximate surface area is 132 Å². The predicted octanol–water partition coefficient (Wildman–Crippen LogP) is 2.41. The van der Waals surface area contributed by atoms with Crippen molar-refractivity contribution in [3.63, 3.8) is 0 Å². The van der Waals surface area contributed by atoms with Gasteiger partial charge in [0.2, 0.25) is 0 Å². The number of carboxylic acid groups (broad SMARTS) is 1. The Bertz CT molecular complexity index is 431. The van der Waals surface area contributed by atoms with Gasteiger partial charge in [0, 0.05) is 18.6 Å². The van der Waals surface area contributed by atoms with E-state index in [1.54, 1.807) is 0 Å². The highest BCUT2D eigenvalue weighted by atomic mass is 16.5. The van der Waals surface area contributed by atoms with Crippen LogP contribution in [-0.4, -0.2) is 43.0 Å². The molecule has 0 saturated heterocycles. The van der Waals surface area contributed by atoms with Gasteiger partial charge in [0.05, 0.1) is 13.2 Å². The average Bonchev–Trinajstić information content (AvgIpc) is 2.53. The molecule has 0 radical (unpaired) electrons.